The molecule has 0 aromatic heterocycles. The van der Waals surface area contributed by atoms with Crippen molar-refractivity contribution in [2.75, 3.05) is 25.5 Å². The number of nitrogens with zero attached hydrogens (tertiary/aromatic N) is 1. The van der Waals surface area contributed by atoms with Crippen LogP contribution < -0.4 is 5.32 Å². The fraction of sp³-hybridized carbons (Fsp3) is 0.889. The number of piperidine rings is 1. The number of carbonyl (C=O) groups is 1. The van der Waals surface area contributed by atoms with E-state index in [4.69, 9.17) is 11.6 Å². The maximum absolute atomic E-state index is 11.5. The molecule has 1 N–H and O–H groups in total. The number of carbonyl (C=O) groups excluding carboxylic acids is 1. The lowest BCUT2D eigenvalue weighted by molar-refractivity contribution is 0.170. The van der Waals surface area contributed by atoms with Crippen molar-refractivity contribution in [1.29, 1.82) is 0 Å². The van der Waals surface area contributed by atoms with E-state index in [2.05, 4.69) is 12.2 Å². The van der Waals surface area contributed by atoms with Gasteiger partial charge < -0.3 is 10.2 Å². The van der Waals surface area contributed by atoms with E-state index < -0.39 is 0 Å². The van der Waals surface area contributed by atoms with Gasteiger partial charge in [-0.1, -0.05) is 6.92 Å². The molecule has 13 heavy (non-hydrogen) atoms. The molecular formula is C9H17ClN2O. The highest BCUT2D eigenvalue weighted by Gasteiger charge is 2.19. The molecule has 0 aromatic rings. The standard InChI is InChI=1S/C9H17ClN2O/c1-8-3-2-6-12(7-8)9(13)11-5-4-10/h8H,2-7H2,1H3,(H,11,13). The van der Waals surface area contributed by atoms with Crippen LogP contribution >= 0.6 is 11.6 Å². The van der Waals surface area contributed by atoms with Gasteiger partial charge >= 0.3 is 6.03 Å². The molecule has 1 heterocycles. The van der Waals surface area contributed by atoms with Crippen molar-refractivity contribution < 1.29 is 4.79 Å². The highest BCUT2D eigenvalue weighted by Crippen LogP contribution is 2.14. The average Bonchev–Trinajstić information content (AvgIpc) is 2.14. The van der Waals surface area contributed by atoms with Crippen LogP contribution in [-0.4, -0.2) is 36.4 Å². The van der Waals surface area contributed by atoms with Gasteiger partial charge in [-0.2, -0.15) is 0 Å². The van der Waals surface area contributed by atoms with E-state index in [1.807, 2.05) is 4.90 Å². The number of hydrogen-bond donors (Lipinski definition) is 1. The van der Waals surface area contributed by atoms with Crippen molar-refractivity contribution in [3.63, 3.8) is 0 Å². The summed E-state index contributed by atoms with van der Waals surface area (Å²) in [4.78, 5) is 13.3. The van der Waals surface area contributed by atoms with Crippen molar-refractivity contribution in [2.24, 2.45) is 5.92 Å². The Morgan fingerprint density at radius 2 is 2.46 bits per heavy atom. The molecule has 4 heteroatoms. The minimum absolute atomic E-state index is 0.0344. The van der Waals surface area contributed by atoms with E-state index in [1.54, 1.807) is 0 Å². The monoisotopic (exact) mass is 204 g/mol. The second-order valence-corrected chi connectivity index (χ2v) is 3.99. The van der Waals surface area contributed by atoms with Crippen molar-refractivity contribution in [3.8, 4) is 0 Å². The maximum Gasteiger partial charge on any atom is 0.317 e. The summed E-state index contributed by atoms with van der Waals surface area (Å²) in [6.45, 7) is 4.51. The van der Waals surface area contributed by atoms with Gasteiger partial charge in [-0.05, 0) is 18.8 Å². The van der Waals surface area contributed by atoms with Gasteiger partial charge in [0.25, 0.3) is 0 Å². The zero-order valence-electron chi connectivity index (χ0n) is 8.05. The van der Waals surface area contributed by atoms with Crippen LogP contribution in [0.3, 0.4) is 0 Å². The van der Waals surface area contributed by atoms with Crippen LogP contribution in [0.25, 0.3) is 0 Å². The van der Waals surface area contributed by atoms with E-state index in [0.717, 1.165) is 19.5 Å². The van der Waals surface area contributed by atoms with E-state index in [9.17, 15) is 4.79 Å². The smallest absolute Gasteiger partial charge is 0.317 e. The van der Waals surface area contributed by atoms with Gasteiger partial charge in [0.15, 0.2) is 0 Å². The lowest BCUT2D eigenvalue weighted by atomic mass is 10.0. The number of rotatable bonds is 2. The Labute approximate surface area is 84.4 Å². The third-order valence-corrected chi connectivity index (χ3v) is 2.50. The number of halogens is 1. The molecule has 0 spiro atoms. The zero-order chi connectivity index (χ0) is 9.68. The van der Waals surface area contributed by atoms with Crippen LogP contribution in [-0.2, 0) is 0 Å². The molecule has 0 aromatic carbocycles. The molecule has 76 valence electrons. The van der Waals surface area contributed by atoms with Crippen LogP contribution in [0, 0.1) is 5.92 Å². The normalized spacial score (nSPS) is 22.9. The van der Waals surface area contributed by atoms with Gasteiger partial charge in [-0.3, -0.25) is 0 Å². The summed E-state index contributed by atoms with van der Waals surface area (Å²) in [5.41, 5.74) is 0. The summed E-state index contributed by atoms with van der Waals surface area (Å²) in [5.74, 6) is 1.12. The SMILES string of the molecule is CC1CCCN(C(=O)NCCCl)C1. The summed E-state index contributed by atoms with van der Waals surface area (Å²) < 4.78 is 0. The second kappa shape index (κ2) is 5.32. The first-order chi connectivity index (χ1) is 6.24. The van der Waals surface area contributed by atoms with E-state index in [-0.39, 0.29) is 6.03 Å². The number of amides is 2. The molecular weight excluding hydrogens is 188 g/mol. The van der Waals surface area contributed by atoms with Gasteiger partial charge in [-0.15, -0.1) is 11.6 Å². The summed E-state index contributed by atoms with van der Waals surface area (Å²) >= 11 is 5.48. The minimum atomic E-state index is 0.0344. The van der Waals surface area contributed by atoms with Gasteiger partial charge in [0.1, 0.15) is 0 Å². The van der Waals surface area contributed by atoms with E-state index in [0.29, 0.717) is 18.3 Å². The predicted octanol–water partition coefficient (Wildman–Crippen LogP) is 1.67. The van der Waals surface area contributed by atoms with E-state index >= 15 is 0 Å². The van der Waals surface area contributed by atoms with Crippen LogP contribution in [0.15, 0.2) is 0 Å². The highest BCUT2D eigenvalue weighted by molar-refractivity contribution is 6.18. The Morgan fingerprint density at radius 3 is 3.08 bits per heavy atom. The summed E-state index contributed by atoms with van der Waals surface area (Å²) in [6, 6.07) is 0.0344. The molecule has 1 saturated heterocycles. The second-order valence-electron chi connectivity index (χ2n) is 3.61. The number of nitrogens with one attached hydrogen (secondary N) is 1. The van der Waals surface area contributed by atoms with Crippen molar-refractivity contribution in [1.82, 2.24) is 10.2 Å². The van der Waals surface area contributed by atoms with Crippen LogP contribution in [0.4, 0.5) is 4.79 Å². The minimum Gasteiger partial charge on any atom is -0.337 e. The predicted molar refractivity (Wildman–Crippen MR) is 54.1 cm³/mol. The zero-order valence-corrected chi connectivity index (χ0v) is 8.81. The lowest BCUT2D eigenvalue weighted by Crippen LogP contribution is -2.45. The molecule has 0 saturated carbocycles. The lowest BCUT2D eigenvalue weighted by Gasteiger charge is -2.30. The fourth-order valence-corrected chi connectivity index (χ4v) is 1.73. The van der Waals surface area contributed by atoms with Gasteiger partial charge in [0, 0.05) is 25.5 Å². The van der Waals surface area contributed by atoms with Gasteiger partial charge in [0.05, 0.1) is 0 Å². The molecule has 1 atom stereocenters. The summed E-state index contributed by atoms with van der Waals surface area (Å²) in [7, 11) is 0. The van der Waals surface area contributed by atoms with Crippen molar-refractivity contribution in [3.05, 3.63) is 0 Å². The Morgan fingerprint density at radius 1 is 1.69 bits per heavy atom. The van der Waals surface area contributed by atoms with Crippen molar-refractivity contribution >= 4 is 17.6 Å². The molecule has 0 bridgehead atoms. The topological polar surface area (TPSA) is 32.3 Å². The first kappa shape index (κ1) is 10.6. The maximum atomic E-state index is 11.5. The van der Waals surface area contributed by atoms with Crippen LogP contribution in [0.2, 0.25) is 0 Å². The van der Waals surface area contributed by atoms with Crippen LogP contribution in [0.5, 0.6) is 0 Å². The quantitative estimate of drug-likeness (QED) is 0.682. The molecule has 2 amide bonds. The van der Waals surface area contributed by atoms with Crippen LogP contribution in [0.1, 0.15) is 19.8 Å². The average molecular weight is 205 g/mol. The number of likely N-dealkylation sites (tertiary alicyclic amines) is 1. The first-order valence-corrected chi connectivity index (χ1v) is 5.36. The molecule has 1 aliphatic heterocycles. The fourth-order valence-electron chi connectivity index (χ4n) is 1.64. The molecule has 3 nitrogen and oxygen atoms in total. The molecule has 1 aliphatic rings. The Balaban J connectivity index is 2.28. The summed E-state index contributed by atoms with van der Waals surface area (Å²) in [6.07, 6.45) is 2.36. The Kier molecular flexibility index (Phi) is 4.36. The Hall–Kier alpha value is -0.440. The van der Waals surface area contributed by atoms with Gasteiger partial charge in [0.2, 0.25) is 0 Å². The third-order valence-electron chi connectivity index (χ3n) is 2.31. The number of hydrogen-bond acceptors (Lipinski definition) is 1. The molecule has 0 aliphatic carbocycles. The highest BCUT2D eigenvalue weighted by atomic mass is 35.5. The third kappa shape index (κ3) is 3.43. The molecule has 1 unspecified atom stereocenters. The molecule has 1 fully saturated rings. The van der Waals surface area contributed by atoms with Crippen molar-refractivity contribution in [2.45, 2.75) is 19.8 Å². The largest absolute Gasteiger partial charge is 0.337 e. The number of urea groups is 1. The van der Waals surface area contributed by atoms with E-state index in [1.165, 1.54) is 6.42 Å². The number of alkyl halides is 1. The first-order valence-electron chi connectivity index (χ1n) is 4.82. The van der Waals surface area contributed by atoms with Gasteiger partial charge in [-0.25, -0.2) is 4.79 Å². The molecule has 0 radical (unpaired) electrons. The summed E-state index contributed by atoms with van der Waals surface area (Å²) in [5, 5.41) is 2.78. The Bertz CT molecular complexity index is 175. The molecule has 1 rings (SSSR count).